The van der Waals surface area contributed by atoms with Crippen LogP contribution in [0.4, 0.5) is 0 Å². The Labute approximate surface area is 173 Å². The van der Waals surface area contributed by atoms with Crippen LogP contribution in [0.1, 0.15) is 43.7 Å². The molecule has 0 spiro atoms. The van der Waals surface area contributed by atoms with E-state index in [-0.39, 0.29) is 23.8 Å². The molecule has 0 radical (unpaired) electrons. The van der Waals surface area contributed by atoms with Crippen LogP contribution in [-0.4, -0.2) is 73.4 Å². The van der Waals surface area contributed by atoms with Crippen LogP contribution in [0.15, 0.2) is 24.3 Å². The second kappa shape index (κ2) is 8.74. The predicted octanol–water partition coefficient (Wildman–Crippen LogP) is 2.55. The number of benzene rings is 1. The molecule has 1 aromatic carbocycles. The summed E-state index contributed by atoms with van der Waals surface area (Å²) >= 11 is 0. The first-order valence-electron chi connectivity index (χ1n) is 11.0. The van der Waals surface area contributed by atoms with Gasteiger partial charge in [-0.1, -0.05) is 12.1 Å². The minimum absolute atomic E-state index is 0.112. The van der Waals surface area contributed by atoms with Gasteiger partial charge in [-0.05, 0) is 55.8 Å². The number of likely N-dealkylation sites (tertiary alicyclic amines) is 1. The van der Waals surface area contributed by atoms with Gasteiger partial charge in [0.1, 0.15) is 5.75 Å². The quantitative estimate of drug-likeness (QED) is 0.764. The minimum Gasteiger partial charge on any atom is -0.497 e. The molecule has 158 valence electrons. The largest absolute Gasteiger partial charge is 0.497 e. The van der Waals surface area contributed by atoms with Crippen LogP contribution in [0.2, 0.25) is 0 Å². The summed E-state index contributed by atoms with van der Waals surface area (Å²) in [5.74, 6) is 1.81. The molecule has 6 nitrogen and oxygen atoms in total. The van der Waals surface area contributed by atoms with E-state index in [2.05, 4.69) is 9.80 Å². The number of hydrogen-bond acceptors (Lipinski definition) is 4. The highest BCUT2D eigenvalue weighted by Gasteiger charge is 2.41. The smallest absolute Gasteiger partial charge is 0.228 e. The topological polar surface area (TPSA) is 53.1 Å². The molecule has 3 aliphatic rings. The Morgan fingerprint density at radius 3 is 2.52 bits per heavy atom. The van der Waals surface area contributed by atoms with Gasteiger partial charge in [-0.2, -0.15) is 0 Å². The van der Waals surface area contributed by atoms with Crippen molar-refractivity contribution in [1.29, 1.82) is 0 Å². The zero-order valence-corrected chi connectivity index (χ0v) is 17.7. The lowest BCUT2D eigenvalue weighted by Crippen LogP contribution is -2.48. The van der Waals surface area contributed by atoms with E-state index in [0.717, 1.165) is 49.8 Å². The molecule has 0 N–H and O–H groups in total. The van der Waals surface area contributed by atoms with Crippen molar-refractivity contribution in [2.75, 3.05) is 46.9 Å². The molecule has 4 rings (SSSR count). The third kappa shape index (κ3) is 4.58. The Kier molecular flexibility index (Phi) is 6.09. The van der Waals surface area contributed by atoms with Crippen LogP contribution in [0.25, 0.3) is 0 Å². The van der Waals surface area contributed by atoms with Crippen molar-refractivity contribution in [2.45, 2.75) is 38.1 Å². The highest BCUT2D eigenvalue weighted by Crippen LogP contribution is 2.37. The van der Waals surface area contributed by atoms with Crippen molar-refractivity contribution in [3.63, 3.8) is 0 Å². The van der Waals surface area contributed by atoms with Crippen molar-refractivity contribution >= 4 is 11.8 Å². The van der Waals surface area contributed by atoms with E-state index < -0.39 is 0 Å². The number of piperidine rings is 1. The first kappa shape index (κ1) is 20.2. The fraction of sp³-hybridized carbons (Fsp3) is 0.652. The number of rotatable bonds is 5. The highest BCUT2D eigenvalue weighted by atomic mass is 16.5. The van der Waals surface area contributed by atoms with Gasteiger partial charge in [-0.3, -0.25) is 9.59 Å². The van der Waals surface area contributed by atoms with E-state index in [1.165, 1.54) is 19.4 Å². The molecule has 2 saturated heterocycles. The molecule has 29 heavy (non-hydrogen) atoms. The van der Waals surface area contributed by atoms with Crippen molar-refractivity contribution < 1.29 is 14.3 Å². The van der Waals surface area contributed by atoms with Gasteiger partial charge in [-0.25, -0.2) is 0 Å². The summed E-state index contributed by atoms with van der Waals surface area (Å²) in [5, 5.41) is 0. The Hall–Kier alpha value is -2.08. The van der Waals surface area contributed by atoms with Crippen molar-refractivity contribution in [2.24, 2.45) is 11.8 Å². The van der Waals surface area contributed by atoms with E-state index in [1.807, 2.05) is 31.3 Å². The number of amides is 2. The first-order chi connectivity index (χ1) is 14.1. The zero-order valence-electron chi connectivity index (χ0n) is 17.7. The fourth-order valence-electron chi connectivity index (χ4n) is 4.83. The van der Waals surface area contributed by atoms with Crippen molar-refractivity contribution in [1.82, 2.24) is 14.7 Å². The first-order valence-corrected chi connectivity index (χ1v) is 11.0. The van der Waals surface area contributed by atoms with Crippen LogP contribution in [-0.2, 0) is 9.59 Å². The molecule has 1 aromatic rings. The predicted molar refractivity (Wildman–Crippen MR) is 112 cm³/mol. The lowest BCUT2D eigenvalue weighted by molar-refractivity contribution is -0.146. The van der Waals surface area contributed by atoms with Gasteiger partial charge in [0.25, 0.3) is 0 Å². The summed E-state index contributed by atoms with van der Waals surface area (Å²) in [5.41, 5.74) is 1.00. The summed E-state index contributed by atoms with van der Waals surface area (Å²) in [6.45, 7) is 4.87. The molecule has 0 aromatic heterocycles. The van der Waals surface area contributed by atoms with Gasteiger partial charge in [0.15, 0.2) is 0 Å². The molecular weight excluding hydrogens is 366 g/mol. The average molecular weight is 400 g/mol. The van der Waals surface area contributed by atoms with Crippen LogP contribution in [0, 0.1) is 11.8 Å². The fourth-order valence-corrected chi connectivity index (χ4v) is 4.83. The molecule has 1 aliphatic carbocycles. The van der Waals surface area contributed by atoms with E-state index >= 15 is 0 Å². The summed E-state index contributed by atoms with van der Waals surface area (Å²) in [4.78, 5) is 32.3. The Morgan fingerprint density at radius 1 is 1.07 bits per heavy atom. The van der Waals surface area contributed by atoms with Gasteiger partial charge in [0.05, 0.1) is 19.1 Å². The van der Waals surface area contributed by atoms with Gasteiger partial charge in [-0.15, -0.1) is 0 Å². The number of methoxy groups -OCH3 is 1. The number of hydrogen-bond donors (Lipinski definition) is 0. The van der Waals surface area contributed by atoms with Crippen LogP contribution in [0.3, 0.4) is 0 Å². The number of ether oxygens (including phenoxy) is 1. The Balaban J connectivity index is 1.49. The molecule has 0 bridgehead atoms. The molecule has 2 atom stereocenters. The maximum atomic E-state index is 13.6. The Morgan fingerprint density at radius 2 is 1.83 bits per heavy atom. The molecule has 2 heterocycles. The van der Waals surface area contributed by atoms with E-state index in [0.29, 0.717) is 12.8 Å². The number of nitrogens with zero attached hydrogens (tertiary/aromatic N) is 3. The minimum atomic E-state index is -0.208. The monoisotopic (exact) mass is 399 g/mol. The lowest BCUT2D eigenvalue weighted by Gasteiger charge is -2.40. The maximum Gasteiger partial charge on any atom is 0.228 e. The molecule has 2 amide bonds. The van der Waals surface area contributed by atoms with Gasteiger partial charge >= 0.3 is 0 Å². The summed E-state index contributed by atoms with van der Waals surface area (Å²) in [6.07, 6.45) is 4.84. The highest BCUT2D eigenvalue weighted by molar-refractivity contribution is 5.85. The zero-order chi connectivity index (χ0) is 20.4. The van der Waals surface area contributed by atoms with Gasteiger partial charge < -0.3 is 19.4 Å². The van der Waals surface area contributed by atoms with E-state index in [1.54, 1.807) is 12.0 Å². The summed E-state index contributed by atoms with van der Waals surface area (Å²) in [6, 6.07) is 7.58. The van der Waals surface area contributed by atoms with Crippen molar-refractivity contribution in [3.05, 3.63) is 29.8 Å². The SMILES string of the molecule is COc1ccc(C2C(C(=O)N3CCCN(CC4CC4)CC3)CCC(=O)N2C)cc1. The molecule has 2 unspecified atom stereocenters. The van der Waals surface area contributed by atoms with Crippen molar-refractivity contribution in [3.8, 4) is 5.75 Å². The molecular formula is C23H33N3O3. The average Bonchev–Trinajstić information content (AvgIpc) is 3.57. The second-order valence-electron chi connectivity index (χ2n) is 8.79. The van der Waals surface area contributed by atoms with Crippen LogP contribution in [0.5, 0.6) is 5.75 Å². The third-order valence-electron chi connectivity index (χ3n) is 6.75. The molecule has 3 fully saturated rings. The van der Waals surface area contributed by atoms with Gasteiger partial charge in [0.2, 0.25) is 11.8 Å². The normalized spacial score (nSPS) is 26.3. The molecule has 1 saturated carbocycles. The Bertz CT molecular complexity index is 731. The summed E-state index contributed by atoms with van der Waals surface area (Å²) in [7, 11) is 3.47. The second-order valence-corrected chi connectivity index (χ2v) is 8.79. The van der Waals surface area contributed by atoms with Gasteiger partial charge in [0, 0.05) is 39.6 Å². The summed E-state index contributed by atoms with van der Waals surface area (Å²) < 4.78 is 5.27. The van der Waals surface area contributed by atoms with E-state index in [9.17, 15) is 9.59 Å². The number of carbonyl (C=O) groups is 2. The van der Waals surface area contributed by atoms with Crippen LogP contribution >= 0.6 is 0 Å². The lowest BCUT2D eigenvalue weighted by atomic mass is 9.83. The van der Waals surface area contributed by atoms with E-state index in [4.69, 9.17) is 4.74 Å². The van der Waals surface area contributed by atoms with Crippen LogP contribution < -0.4 is 4.74 Å². The standard InChI is InChI=1S/C23H33N3O3/c1-24-21(27)11-10-20(22(24)18-6-8-19(29-2)9-7-18)23(28)26-13-3-12-25(14-15-26)16-17-4-5-17/h6-9,17,20,22H,3-5,10-16H2,1-2H3. The molecule has 2 aliphatic heterocycles. The number of carbonyl (C=O) groups excluding carboxylic acids is 2. The maximum absolute atomic E-state index is 13.6. The third-order valence-corrected chi connectivity index (χ3v) is 6.75. The molecule has 6 heteroatoms.